The molecule has 0 spiro atoms. The number of hydrogen-bond acceptors (Lipinski definition) is 7. The van der Waals surface area contributed by atoms with Crippen LogP contribution in [0, 0.1) is 10.8 Å². The molecule has 0 aliphatic carbocycles. The van der Waals surface area contributed by atoms with Crippen LogP contribution in [-0.2, 0) is 26.0 Å². The largest absolute Gasteiger partial charge is 0.466 e. The van der Waals surface area contributed by atoms with Crippen molar-refractivity contribution in [2.75, 3.05) is 31.2 Å². The molecule has 25 heavy (non-hydrogen) atoms. The van der Waals surface area contributed by atoms with E-state index in [1.807, 2.05) is 6.92 Å². The summed E-state index contributed by atoms with van der Waals surface area (Å²) < 4.78 is 35.5. The molecule has 0 radical (unpaired) electrons. The molecule has 10 heteroatoms. The fourth-order valence-corrected chi connectivity index (χ4v) is 5.47. The second kappa shape index (κ2) is 7.55. The summed E-state index contributed by atoms with van der Waals surface area (Å²) in [5.74, 6) is 0.209. The van der Waals surface area contributed by atoms with Gasteiger partial charge in [0.05, 0.1) is 37.1 Å². The number of esters is 1. The van der Waals surface area contributed by atoms with Gasteiger partial charge in [-0.25, -0.2) is 8.42 Å². The monoisotopic (exact) mass is 390 g/mol. The minimum atomic E-state index is -3.00. The number of quaternary nitrogens is 1. The molecule has 1 unspecified atom stereocenters. The molecule has 2 aliphatic heterocycles. The first-order valence-electron chi connectivity index (χ1n) is 8.66. The van der Waals surface area contributed by atoms with Crippen LogP contribution >= 0.6 is 12.2 Å². The molecular weight excluding hydrogens is 366 g/mol. The van der Waals surface area contributed by atoms with E-state index in [0.717, 1.165) is 19.4 Å². The maximum atomic E-state index is 11.9. The smallest absolute Gasteiger partial charge is 0.314 e. The Bertz CT molecular complexity index is 785. The average Bonchev–Trinajstić information content (AvgIpc) is 3.11. The van der Waals surface area contributed by atoms with Gasteiger partial charge in [-0.1, -0.05) is 0 Å². The lowest BCUT2D eigenvalue weighted by Gasteiger charge is -2.28. The Morgan fingerprint density at radius 3 is 2.96 bits per heavy atom. The number of carbonyl (C=O) groups is 1. The van der Waals surface area contributed by atoms with E-state index in [9.17, 15) is 13.2 Å². The van der Waals surface area contributed by atoms with E-state index in [1.54, 1.807) is 4.68 Å². The summed E-state index contributed by atoms with van der Waals surface area (Å²) >= 11 is 5.24. The summed E-state index contributed by atoms with van der Waals surface area (Å²) in [7, 11) is -3.00. The van der Waals surface area contributed by atoms with E-state index < -0.39 is 9.84 Å². The number of nitrogens with zero attached hydrogens (tertiary/aromatic N) is 2. The van der Waals surface area contributed by atoms with Gasteiger partial charge in [0, 0.05) is 0 Å². The zero-order valence-electron chi connectivity index (χ0n) is 14.3. The summed E-state index contributed by atoms with van der Waals surface area (Å²) in [6, 6.07) is 0. The minimum absolute atomic E-state index is 0.0732. The molecule has 2 aliphatic rings. The third-order valence-corrected chi connectivity index (χ3v) is 6.88. The summed E-state index contributed by atoms with van der Waals surface area (Å²) in [4.78, 5) is 13.4. The Balaban J connectivity index is 1.65. The van der Waals surface area contributed by atoms with Crippen LogP contribution < -0.4 is 4.90 Å². The van der Waals surface area contributed by atoms with E-state index >= 15 is 0 Å². The lowest BCUT2D eigenvalue weighted by molar-refractivity contribution is -0.930. The first kappa shape index (κ1) is 18.5. The molecule has 3 rings (SSSR count). The van der Waals surface area contributed by atoms with E-state index in [-0.39, 0.29) is 34.1 Å². The predicted octanol–water partition coefficient (Wildman–Crippen LogP) is -0.0768. The van der Waals surface area contributed by atoms with E-state index in [1.165, 1.54) is 4.90 Å². The van der Waals surface area contributed by atoms with Gasteiger partial charge in [-0.15, -0.1) is 5.10 Å². The molecule has 1 aromatic rings. The quantitative estimate of drug-likeness (QED) is 0.555. The first-order valence-corrected chi connectivity index (χ1v) is 10.9. The highest BCUT2D eigenvalue weighted by molar-refractivity contribution is 7.91. The SMILES string of the molecule is CCOC(=O)[C@@H]1CCC[NH+](Cn2nc([C@@H]3CCS(=O)(=O)C3)oc2=S)C1. The van der Waals surface area contributed by atoms with Gasteiger partial charge in [-0.2, -0.15) is 4.68 Å². The Hall–Kier alpha value is -1.26. The van der Waals surface area contributed by atoms with Gasteiger partial charge in [0.25, 0.3) is 4.84 Å². The van der Waals surface area contributed by atoms with Gasteiger partial charge >= 0.3 is 5.97 Å². The molecule has 2 saturated heterocycles. The molecular formula is C15H24N3O5S2+. The number of piperidine rings is 1. The molecule has 3 heterocycles. The number of carbonyl (C=O) groups excluding carboxylic acids is 1. The molecule has 3 atom stereocenters. The third kappa shape index (κ3) is 4.48. The van der Waals surface area contributed by atoms with Crippen molar-refractivity contribution in [2.24, 2.45) is 5.92 Å². The third-order valence-electron chi connectivity index (χ3n) is 4.81. The van der Waals surface area contributed by atoms with Crippen molar-refractivity contribution in [3.05, 3.63) is 10.7 Å². The van der Waals surface area contributed by atoms with E-state index in [0.29, 0.717) is 32.1 Å². The lowest BCUT2D eigenvalue weighted by Crippen LogP contribution is -3.13. The standard InChI is InChI=1S/C15H23N3O5S2/c1-2-22-14(19)11-4-3-6-17(8-11)10-18-15(24)23-13(16-18)12-5-7-25(20,21)9-12/h11-12H,2-10H2,1H3/p+1/t11-,12-/m1/s1. The zero-order chi connectivity index (χ0) is 18.0. The second-order valence-corrected chi connectivity index (χ2v) is 9.34. The Kier molecular flexibility index (Phi) is 5.59. The number of aromatic nitrogens is 2. The molecule has 0 amide bonds. The normalized spacial score (nSPS) is 28.8. The van der Waals surface area contributed by atoms with Crippen molar-refractivity contribution in [3.63, 3.8) is 0 Å². The predicted molar refractivity (Wildman–Crippen MR) is 91.4 cm³/mol. The Labute approximate surface area is 152 Å². The maximum absolute atomic E-state index is 11.9. The molecule has 0 bridgehead atoms. The van der Waals surface area contributed by atoms with Crippen LogP contribution in [0.3, 0.4) is 0 Å². The van der Waals surface area contributed by atoms with Crippen LogP contribution in [0.5, 0.6) is 0 Å². The Morgan fingerprint density at radius 1 is 1.48 bits per heavy atom. The van der Waals surface area contributed by atoms with Crippen molar-refractivity contribution in [1.82, 2.24) is 9.78 Å². The summed E-state index contributed by atoms with van der Waals surface area (Å²) in [6.45, 7) is 4.33. The lowest BCUT2D eigenvalue weighted by atomic mass is 9.99. The van der Waals surface area contributed by atoms with Gasteiger partial charge in [-0.3, -0.25) is 4.79 Å². The van der Waals surface area contributed by atoms with Gasteiger partial charge in [-0.05, 0) is 38.4 Å². The van der Waals surface area contributed by atoms with Crippen LogP contribution in [0.15, 0.2) is 4.42 Å². The van der Waals surface area contributed by atoms with E-state index in [2.05, 4.69) is 5.10 Å². The van der Waals surface area contributed by atoms with Crippen LogP contribution in [0.1, 0.15) is 38.0 Å². The number of hydrogen-bond donors (Lipinski definition) is 1. The molecule has 1 N–H and O–H groups in total. The van der Waals surface area contributed by atoms with Crippen LogP contribution in [-0.4, -0.2) is 55.4 Å². The first-order chi connectivity index (χ1) is 11.9. The highest BCUT2D eigenvalue weighted by atomic mass is 32.2. The highest BCUT2D eigenvalue weighted by Crippen LogP contribution is 2.27. The zero-order valence-corrected chi connectivity index (χ0v) is 15.9. The van der Waals surface area contributed by atoms with Crippen molar-refractivity contribution >= 4 is 28.0 Å². The Morgan fingerprint density at radius 2 is 2.28 bits per heavy atom. The maximum Gasteiger partial charge on any atom is 0.314 e. The van der Waals surface area contributed by atoms with Gasteiger partial charge in [0.1, 0.15) is 5.92 Å². The highest BCUT2D eigenvalue weighted by Gasteiger charge is 2.34. The fraction of sp³-hybridized carbons (Fsp3) is 0.800. The summed E-state index contributed by atoms with van der Waals surface area (Å²) in [5.41, 5.74) is 0. The minimum Gasteiger partial charge on any atom is -0.466 e. The fourth-order valence-electron chi connectivity index (χ4n) is 3.54. The second-order valence-electron chi connectivity index (χ2n) is 6.76. The van der Waals surface area contributed by atoms with Gasteiger partial charge in [0.15, 0.2) is 16.5 Å². The van der Waals surface area contributed by atoms with Gasteiger partial charge < -0.3 is 14.1 Å². The summed E-state index contributed by atoms with van der Waals surface area (Å²) in [6.07, 6.45) is 2.31. The van der Waals surface area contributed by atoms with Crippen LogP contribution in [0.25, 0.3) is 0 Å². The number of ether oxygens (including phenoxy) is 1. The van der Waals surface area contributed by atoms with Crippen LogP contribution in [0.2, 0.25) is 0 Å². The topological polar surface area (TPSA) is 95.8 Å². The molecule has 8 nitrogen and oxygen atoms in total. The molecule has 0 saturated carbocycles. The number of rotatable bonds is 5. The van der Waals surface area contributed by atoms with Crippen molar-refractivity contribution in [3.8, 4) is 0 Å². The summed E-state index contributed by atoms with van der Waals surface area (Å²) in [5, 5.41) is 4.40. The van der Waals surface area contributed by atoms with Gasteiger partial charge in [0.2, 0.25) is 5.89 Å². The molecule has 0 aromatic carbocycles. The molecule has 2 fully saturated rings. The molecule has 1 aromatic heterocycles. The molecule has 140 valence electrons. The van der Waals surface area contributed by atoms with Crippen molar-refractivity contribution < 1.29 is 27.3 Å². The van der Waals surface area contributed by atoms with Crippen molar-refractivity contribution in [1.29, 1.82) is 0 Å². The number of nitrogens with one attached hydrogen (secondary N) is 1. The van der Waals surface area contributed by atoms with Crippen molar-refractivity contribution in [2.45, 2.75) is 38.8 Å². The van der Waals surface area contributed by atoms with E-state index in [4.69, 9.17) is 21.4 Å². The average molecular weight is 391 g/mol. The van der Waals surface area contributed by atoms with Crippen LogP contribution in [0.4, 0.5) is 0 Å². The number of sulfone groups is 1. The number of likely N-dealkylation sites (tertiary alicyclic amines) is 1.